The predicted octanol–water partition coefficient (Wildman–Crippen LogP) is 9.61. The van der Waals surface area contributed by atoms with E-state index in [9.17, 15) is 9.90 Å². The van der Waals surface area contributed by atoms with E-state index in [1.807, 2.05) is 90.1 Å². The normalized spacial score (nSPS) is 13.3. The van der Waals surface area contributed by atoms with Crippen LogP contribution in [0.2, 0.25) is 0 Å². The van der Waals surface area contributed by atoms with Crippen molar-refractivity contribution in [3.05, 3.63) is 78.6 Å². The molecule has 0 atom stereocenters. The molecule has 0 amide bonds. The molecule has 1 radical (unpaired) electrons. The van der Waals surface area contributed by atoms with E-state index in [4.69, 9.17) is 7.48 Å². The first-order chi connectivity index (χ1) is 19.0. The van der Waals surface area contributed by atoms with Crippen LogP contribution in [0.15, 0.2) is 72.6 Å². The van der Waals surface area contributed by atoms with Gasteiger partial charge in [-0.25, -0.2) is 0 Å². The third-order valence-corrected chi connectivity index (χ3v) is 8.43. The van der Waals surface area contributed by atoms with E-state index in [0.29, 0.717) is 22.6 Å². The summed E-state index contributed by atoms with van der Waals surface area (Å²) in [6, 6.07) is 19.0. The van der Waals surface area contributed by atoms with Gasteiger partial charge in [0, 0.05) is 54.3 Å². The quantitative estimate of drug-likeness (QED) is 0.104. The second-order valence-electron chi connectivity index (χ2n) is 10.5. The zero-order valence-electron chi connectivity index (χ0n) is 25.6. The molecule has 39 heavy (non-hydrogen) atoms. The fraction of sp³-hybridized carbons (Fsp3) is 0.353. The van der Waals surface area contributed by atoms with Crippen LogP contribution in [-0.4, -0.2) is 15.9 Å². The van der Waals surface area contributed by atoms with Gasteiger partial charge in [0.15, 0.2) is 5.78 Å². The van der Waals surface area contributed by atoms with Gasteiger partial charge >= 0.3 is 0 Å². The van der Waals surface area contributed by atoms with Gasteiger partial charge in [-0.05, 0) is 43.2 Å². The summed E-state index contributed by atoms with van der Waals surface area (Å²) >= 11 is 0. The van der Waals surface area contributed by atoms with Crippen LogP contribution in [0, 0.1) is 16.9 Å². The SMILES string of the molecule is CCC(C)(CC)C(=O)/C=C(\O)C(C)(CC)CC.[2H]c1nc2c3c(cccc3c1[2H])Oc1cc3ccccc3[c-]c1-2.[Ir]. The number of ether oxygens (including phenoxy) is 1. The van der Waals surface area contributed by atoms with Crippen LogP contribution >= 0.6 is 0 Å². The molecule has 3 aromatic carbocycles. The van der Waals surface area contributed by atoms with E-state index in [2.05, 4.69) is 11.1 Å². The second kappa shape index (κ2) is 12.4. The zero-order chi connectivity index (χ0) is 29.2. The molecule has 4 nitrogen and oxygen atoms in total. The van der Waals surface area contributed by atoms with Crippen LogP contribution in [0.1, 0.15) is 70.0 Å². The Hall–Kier alpha value is -3.01. The van der Waals surface area contributed by atoms with Gasteiger partial charge in [0.25, 0.3) is 0 Å². The molecular weight excluding hydrogens is 663 g/mol. The third-order valence-electron chi connectivity index (χ3n) is 8.43. The number of carbonyl (C=O) groups is 1. The molecule has 0 bridgehead atoms. The second-order valence-corrected chi connectivity index (χ2v) is 10.5. The molecule has 1 aliphatic rings. The number of aliphatic hydroxyl groups excluding tert-OH is 1. The summed E-state index contributed by atoms with van der Waals surface area (Å²) in [6.45, 7) is 12.1. The molecule has 1 aliphatic heterocycles. The van der Waals surface area contributed by atoms with Crippen LogP contribution in [0.4, 0.5) is 0 Å². The molecule has 0 aliphatic carbocycles. The number of nitrogens with zero attached hydrogens (tertiary/aromatic N) is 1. The van der Waals surface area contributed by atoms with Gasteiger partial charge in [-0.3, -0.25) is 9.78 Å². The minimum Gasteiger partial charge on any atom is -0.512 e. The topological polar surface area (TPSA) is 59.4 Å². The molecule has 0 saturated heterocycles. The molecule has 1 N–H and O–H groups in total. The monoisotopic (exact) mass is 703 g/mol. The van der Waals surface area contributed by atoms with Gasteiger partial charge in [-0.15, -0.1) is 17.5 Å². The summed E-state index contributed by atoms with van der Waals surface area (Å²) in [6.07, 6.45) is 4.73. The Morgan fingerprint density at radius 3 is 2.28 bits per heavy atom. The van der Waals surface area contributed by atoms with Gasteiger partial charge < -0.3 is 9.84 Å². The summed E-state index contributed by atoms with van der Waals surface area (Å²) in [7, 11) is 0. The zero-order valence-corrected chi connectivity index (χ0v) is 26.0. The van der Waals surface area contributed by atoms with Gasteiger partial charge in [0.1, 0.15) is 11.5 Å². The summed E-state index contributed by atoms with van der Waals surface area (Å²) < 4.78 is 22.1. The number of aliphatic hydroxyl groups is 1. The van der Waals surface area contributed by atoms with Crippen molar-refractivity contribution in [1.82, 2.24) is 4.98 Å². The molecule has 0 fully saturated rings. The number of hydrogen-bond donors (Lipinski definition) is 1. The van der Waals surface area contributed by atoms with E-state index in [1.165, 1.54) is 6.08 Å². The van der Waals surface area contributed by atoms with Crippen LogP contribution in [0.25, 0.3) is 32.8 Å². The summed E-state index contributed by atoms with van der Waals surface area (Å²) in [4.78, 5) is 16.5. The van der Waals surface area contributed by atoms with E-state index >= 15 is 0 Å². The molecule has 5 heteroatoms. The third kappa shape index (κ3) is 5.95. The number of rotatable bonds is 7. The van der Waals surface area contributed by atoms with Crippen molar-refractivity contribution < 1.29 is 37.5 Å². The summed E-state index contributed by atoms with van der Waals surface area (Å²) in [5.74, 6) is 1.65. The number of carbonyl (C=O) groups excluding carboxylic acids is 1. The average Bonchev–Trinajstić information content (AvgIpc) is 2.98. The number of benzene rings is 3. The Labute approximate surface area is 248 Å². The molecule has 0 spiro atoms. The fourth-order valence-corrected chi connectivity index (χ4v) is 4.55. The molecule has 1 aromatic heterocycles. The van der Waals surface area contributed by atoms with Crippen molar-refractivity contribution >= 4 is 27.3 Å². The van der Waals surface area contributed by atoms with Crippen LogP contribution in [0.3, 0.4) is 0 Å². The van der Waals surface area contributed by atoms with Gasteiger partial charge in [-0.2, -0.15) is 0 Å². The first-order valence-electron chi connectivity index (χ1n) is 14.5. The first kappa shape index (κ1) is 27.6. The Morgan fingerprint density at radius 2 is 1.62 bits per heavy atom. The fourth-order valence-electron chi connectivity index (χ4n) is 4.55. The molecule has 0 unspecified atom stereocenters. The number of hydrogen-bond acceptors (Lipinski definition) is 4. The molecule has 4 aromatic rings. The van der Waals surface area contributed by atoms with E-state index < -0.39 is 0 Å². The van der Waals surface area contributed by atoms with Crippen LogP contribution in [0.5, 0.6) is 11.5 Å². The van der Waals surface area contributed by atoms with Crippen molar-refractivity contribution in [1.29, 1.82) is 0 Å². The van der Waals surface area contributed by atoms with Crippen molar-refractivity contribution in [3.8, 4) is 22.8 Å². The Morgan fingerprint density at radius 1 is 0.974 bits per heavy atom. The molecule has 207 valence electrons. The van der Waals surface area contributed by atoms with E-state index in [-0.39, 0.29) is 54.7 Å². The molecular formula is C34H38IrNO3-. The van der Waals surface area contributed by atoms with Crippen LogP contribution < -0.4 is 4.74 Å². The largest absolute Gasteiger partial charge is 0.512 e. The molecule has 0 saturated carbocycles. The van der Waals surface area contributed by atoms with Crippen LogP contribution in [-0.2, 0) is 24.9 Å². The molecule has 2 heterocycles. The van der Waals surface area contributed by atoms with Gasteiger partial charge in [0.05, 0.1) is 8.49 Å². The van der Waals surface area contributed by atoms with Gasteiger partial charge in [0.2, 0.25) is 0 Å². The van der Waals surface area contributed by atoms with E-state index in [1.54, 1.807) is 0 Å². The maximum Gasteiger partial charge on any atom is 0.164 e. The van der Waals surface area contributed by atoms with Crippen molar-refractivity contribution in [3.63, 3.8) is 0 Å². The number of ketones is 1. The number of fused-ring (bicyclic) bond motifs is 3. The Balaban J connectivity index is 0.000000233. The predicted molar refractivity (Wildman–Crippen MR) is 157 cm³/mol. The Bertz CT molecular complexity index is 1610. The summed E-state index contributed by atoms with van der Waals surface area (Å²) in [5.41, 5.74) is 0.818. The Kier molecular flexibility index (Phi) is 8.79. The minimum absolute atomic E-state index is 0. The maximum atomic E-state index is 12.2. The maximum absolute atomic E-state index is 12.2. The van der Waals surface area contributed by atoms with Gasteiger partial charge in [-0.1, -0.05) is 88.9 Å². The smallest absolute Gasteiger partial charge is 0.164 e. The standard InChI is InChI=1S/C19H10NO.C15H28O2.Ir/c1-2-5-14-11-17-15(10-13(14)4-1)19-18-12(8-9-20-19)6-3-7-16(18)21-17;1-7-14(5,8-2)12(16)11-13(17)15(6,9-3)10-4;/h1-9,11H;11,16H,7-10H2,1-6H3;/q-1;;/b;12-11-;/i8D,9D;;. The summed E-state index contributed by atoms with van der Waals surface area (Å²) in [5, 5.41) is 13.6. The number of allylic oxidation sites excluding steroid dienone is 2. The first-order valence-corrected chi connectivity index (χ1v) is 13.5. The average molecular weight is 703 g/mol. The number of aromatic nitrogens is 1. The van der Waals surface area contributed by atoms with Crippen molar-refractivity contribution in [2.75, 3.05) is 0 Å². The van der Waals surface area contributed by atoms with Crippen molar-refractivity contribution in [2.24, 2.45) is 10.8 Å². The van der Waals surface area contributed by atoms with E-state index in [0.717, 1.165) is 47.4 Å². The molecule has 5 rings (SSSR count). The van der Waals surface area contributed by atoms with Crippen molar-refractivity contribution in [2.45, 2.75) is 67.2 Å². The minimum atomic E-state index is -0.337. The number of pyridine rings is 1.